The first-order valence-corrected chi connectivity index (χ1v) is 12.3. The molecule has 0 bridgehead atoms. The fourth-order valence-corrected chi connectivity index (χ4v) is 3.25. The number of hydrogen-bond acceptors (Lipinski definition) is 6. The van der Waals surface area contributed by atoms with E-state index >= 15 is 0 Å². The molecule has 2 aromatic rings. The Hall–Kier alpha value is -3.55. The van der Waals surface area contributed by atoms with Gasteiger partial charge in [-0.1, -0.05) is 76.3 Å². The van der Waals surface area contributed by atoms with Crippen molar-refractivity contribution in [1.82, 2.24) is 5.32 Å². The molecule has 0 saturated carbocycles. The van der Waals surface area contributed by atoms with E-state index in [0.717, 1.165) is 24.8 Å². The minimum Gasteiger partial charge on any atom is -0.493 e. The molecule has 0 unspecified atom stereocenters. The van der Waals surface area contributed by atoms with Crippen LogP contribution in [0.25, 0.3) is 0 Å². The summed E-state index contributed by atoms with van der Waals surface area (Å²) in [6.07, 6.45) is 5.64. The van der Waals surface area contributed by atoms with Gasteiger partial charge in [-0.05, 0) is 36.6 Å². The number of hydrogen-bond donors (Lipinski definition) is 2. The number of alkyl carbamates (subject to hydrolysis) is 1. The third-order valence-corrected chi connectivity index (χ3v) is 5.12. The summed E-state index contributed by atoms with van der Waals surface area (Å²) in [5, 5.41) is 4.90. The molecular formula is C27H36N2O6. The van der Waals surface area contributed by atoms with E-state index in [1.807, 2.05) is 37.3 Å². The molecule has 2 rings (SSSR count). The molecule has 190 valence electrons. The predicted molar refractivity (Wildman–Crippen MR) is 135 cm³/mol. The van der Waals surface area contributed by atoms with Gasteiger partial charge in [-0.3, -0.25) is 5.32 Å². The molecule has 2 aromatic carbocycles. The maximum atomic E-state index is 12.9. The van der Waals surface area contributed by atoms with E-state index in [2.05, 4.69) is 22.3 Å². The number of rotatable bonds is 14. The monoisotopic (exact) mass is 484 g/mol. The van der Waals surface area contributed by atoms with Crippen molar-refractivity contribution in [2.75, 3.05) is 18.5 Å². The summed E-state index contributed by atoms with van der Waals surface area (Å²) in [5.74, 6) is -0.208. The van der Waals surface area contributed by atoms with Crippen LogP contribution in [-0.4, -0.2) is 31.3 Å². The Labute approximate surface area is 207 Å². The SMILES string of the molecule is CCCCCCCCOc1ccc(NC(=O)OC(=O)NCCC)cc1C(=O)OCc1ccccc1. The van der Waals surface area contributed by atoms with Gasteiger partial charge in [0.1, 0.15) is 17.9 Å². The fraction of sp³-hybridized carbons (Fsp3) is 0.444. The van der Waals surface area contributed by atoms with E-state index in [1.165, 1.54) is 25.3 Å². The minimum absolute atomic E-state index is 0.105. The Morgan fingerprint density at radius 2 is 1.57 bits per heavy atom. The predicted octanol–water partition coefficient (Wildman–Crippen LogP) is 6.45. The van der Waals surface area contributed by atoms with Gasteiger partial charge in [-0.2, -0.15) is 0 Å². The summed E-state index contributed by atoms with van der Waals surface area (Å²) in [5.41, 5.74) is 1.31. The van der Waals surface area contributed by atoms with E-state index in [1.54, 1.807) is 12.1 Å². The highest BCUT2D eigenvalue weighted by atomic mass is 16.6. The average Bonchev–Trinajstić information content (AvgIpc) is 2.86. The van der Waals surface area contributed by atoms with Crippen LogP contribution < -0.4 is 15.4 Å². The van der Waals surface area contributed by atoms with Crippen LogP contribution in [0.5, 0.6) is 5.75 Å². The molecule has 0 aliphatic heterocycles. The summed E-state index contributed by atoms with van der Waals surface area (Å²) in [6, 6.07) is 14.0. The number of nitrogens with one attached hydrogen (secondary N) is 2. The fourth-order valence-electron chi connectivity index (χ4n) is 3.25. The van der Waals surface area contributed by atoms with E-state index < -0.39 is 18.2 Å². The molecule has 0 aliphatic carbocycles. The largest absolute Gasteiger partial charge is 0.493 e. The Balaban J connectivity index is 2.03. The zero-order valence-corrected chi connectivity index (χ0v) is 20.6. The number of esters is 1. The van der Waals surface area contributed by atoms with E-state index in [9.17, 15) is 14.4 Å². The Bertz CT molecular complexity index is 933. The lowest BCUT2D eigenvalue weighted by Crippen LogP contribution is -2.29. The number of ether oxygens (including phenoxy) is 3. The second-order valence-corrected chi connectivity index (χ2v) is 8.12. The lowest BCUT2D eigenvalue weighted by molar-refractivity contribution is 0.0468. The molecule has 8 nitrogen and oxygen atoms in total. The summed E-state index contributed by atoms with van der Waals surface area (Å²) in [4.78, 5) is 36.5. The van der Waals surface area contributed by atoms with Gasteiger partial charge in [0.15, 0.2) is 0 Å². The third kappa shape index (κ3) is 10.9. The molecule has 0 atom stereocenters. The van der Waals surface area contributed by atoms with Crippen LogP contribution in [-0.2, 0) is 16.1 Å². The lowest BCUT2D eigenvalue weighted by Gasteiger charge is -2.14. The second kappa shape index (κ2) is 16.1. The first-order valence-electron chi connectivity index (χ1n) is 12.3. The molecule has 0 radical (unpaired) electrons. The van der Waals surface area contributed by atoms with E-state index in [0.29, 0.717) is 25.3 Å². The van der Waals surface area contributed by atoms with Gasteiger partial charge in [0.25, 0.3) is 0 Å². The summed E-state index contributed by atoms with van der Waals surface area (Å²) in [7, 11) is 0. The molecule has 0 spiro atoms. The summed E-state index contributed by atoms with van der Waals surface area (Å²) in [6.45, 7) is 5.04. The number of unbranched alkanes of at least 4 members (excludes halogenated alkanes) is 5. The van der Waals surface area contributed by atoms with Gasteiger partial charge >= 0.3 is 18.2 Å². The smallest absolute Gasteiger partial charge is 0.420 e. The van der Waals surface area contributed by atoms with Crippen molar-refractivity contribution in [3.63, 3.8) is 0 Å². The van der Waals surface area contributed by atoms with Crippen molar-refractivity contribution in [1.29, 1.82) is 0 Å². The first kappa shape index (κ1) is 27.7. The van der Waals surface area contributed by atoms with Crippen molar-refractivity contribution in [2.45, 2.75) is 65.4 Å². The third-order valence-electron chi connectivity index (χ3n) is 5.12. The molecular weight excluding hydrogens is 448 g/mol. The Morgan fingerprint density at radius 3 is 2.31 bits per heavy atom. The van der Waals surface area contributed by atoms with Crippen LogP contribution in [0.15, 0.2) is 48.5 Å². The highest BCUT2D eigenvalue weighted by molar-refractivity contribution is 5.96. The summed E-state index contributed by atoms with van der Waals surface area (Å²) >= 11 is 0. The normalized spacial score (nSPS) is 10.3. The topological polar surface area (TPSA) is 103 Å². The maximum Gasteiger partial charge on any atom is 0.420 e. The van der Waals surface area contributed by atoms with Gasteiger partial charge in [0.2, 0.25) is 0 Å². The van der Waals surface area contributed by atoms with Gasteiger partial charge in [0, 0.05) is 12.2 Å². The van der Waals surface area contributed by atoms with Gasteiger partial charge < -0.3 is 19.5 Å². The zero-order chi connectivity index (χ0) is 25.3. The van der Waals surface area contributed by atoms with Crippen LogP contribution in [0.4, 0.5) is 15.3 Å². The number of carbonyl (C=O) groups excluding carboxylic acids is 3. The van der Waals surface area contributed by atoms with Crippen molar-refractivity contribution < 1.29 is 28.6 Å². The lowest BCUT2D eigenvalue weighted by atomic mass is 10.1. The van der Waals surface area contributed by atoms with Gasteiger partial charge in [0.05, 0.1) is 6.61 Å². The molecule has 0 saturated heterocycles. The molecule has 0 fully saturated rings. The van der Waals surface area contributed by atoms with E-state index in [4.69, 9.17) is 9.47 Å². The van der Waals surface area contributed by atoms with Crippen LogP contribution in [0.2, 0.25) is 0 Å². The average molecular weight is 485 g/mol. The van der Waals surface area contributed by atoms with Crippen LogP contribution in [0, 0.1) is 0 Å². The molecule has 0 aromatic heterocycles. The minimum atomic E-state index is -0.956. The molecule has 8 heteroatoms. The van der Waals surface area contributed by atoms with Gasteiger partial charge in [-0.25, -0.2) is 14.4 Å². The maximum absolute atomic E-state index is 12.9. The van der Waals surface area contributed by atoms with Crippen LogP contribution >= 0.6 is 0 Å². The van der Waals surface area contributed by atoms with Crippen LogP contribution in [0.1, 0.15) is 74.7 Å². The molecule has 2 N–H and O–H groups in total. The number of anilines is 1. The Kier molecular flexibility index (Phi) is 12.8. The molecule has 2 amide bonds. The van der Waals surface area contributed by atoms with Crippen molar-refractivity contribution in [2.24, 2.45) is 0 Å². The number of carbonyl (C=O) groups is 3. The number of amides is 2. The molecule has 0 heterocycles. The summed E-state index contributed by atoms with van der Waals surface area (Å²) < 4.78 is 16.0. The second-order valence-electron chi connectivity index (χ2n) is 8.12. The molecule has 0 aliphatic rings. The molecule has 35 heavy (non-hydrogen) atoms. The zero-order valence-electron chi connectivity index (χ0n) is 20.6. The first-order chi connectivity index (χ1) is 17.0. The van der Waals surface area contributed by atoms with Gasteiger partial charge in [-0.15, -0.1) is 0 Å². The van der Waals surface area contributed by atoms with Crippen molar-refractivity contribution >= 4 is 23.8 Å². The highest BCUT2D eigenvalue weighted by Crippen LogP contribution is 2.25. The Morgan fingerprint density at radius 1 is 0.829 bits per heavy atom. The van der Waals surface area contributed by atoms with Crippen molar-refractivity contribution in [3.05, 3.63) is 59.7 Å². The standard InChI is InChI=1S/C27H36N2O6/c1-3-5-6-7-8-12-18-33-24-16-15-22(29-27(32)35-26(31)28-17-4-2)19-23(24)25(30)34-20-21-13-10-9-11-14-21/h9-11,13-16,19H,3-8,12,17-18,20H2,1-2H3,(H,28,31)(H,29,32). The van der Waals surface area contributed by atoms with Crippen LogP contribution in [0.3, 0.4) is 0 Å². The highest BCUT2D eigenvalue weighted by Gasteiger charge is 2.18. The quantitative estimate of drug-likeness (QED) is 0.181. The van der Waals surface area contributed by atoms with E-state index in [-0.39, 0.29) is 17.9 Å². The number of benzene rings is 2. The van der Waals surface area contributed by atoms with Crippen molar-refractivity contribution in [3.8, 4) is 5.75 Å².